The van der Waals surface area contributed by atoms with Crippen LogP contribution in [-0.2, 0) is 0 Å². The molecule has 0 unspecified atom stereocenters. The van der Waals surface area contributed by atoms with Gasteiger partial charge >= 0.3 is 0 Å². The minimum absolute atomic E-state index is 0.290. The molecule has 5 heteroatoms. The normalized spacial score (nSPS) is 10.8. The number of nitrogens with two attached hydrogens (primary N) is 1. The van der Waals surface area contributed by atoms with E-state index in [9.17, 15) is 4.79 Å². The number of amides is 1. The zero-order valence-corrected chi connectivity index (χ0v) is 10.7. The van der Waals surface area contributed by atoms with Crippen molar-refractivity contribution in [3.63, 3.8) is 0 Å². The summed E-state index contributed by atoms with van der Waals surface area (Å²) in [5.74, 6) is -0.403. The molecule has 1 aromatic rings. The molecule has 4 nitrogen and oxygen atoms in total. The van der Waals surface area contributed by atoms with Crippen molar-refractivity contribution in [1.29, 1.82) is 5.26 Å². The smallest absolute Gasteiger partial charge is 0.254 e. The van der Waals surface area contributed by atoms with Gasteiger partial charge in [-0.15, -0.1) is 0 Å². The molecule has 0 spiro atoms. The van der Waals surface area contributed by atoms with E-state index >= 15 is 0 Å². The Labute approximate surface area is 105 Å². The topological polar surface area (TPSA) is 78.9 Å². The minimum Gasteiger partial charge on any atom is -0.398 e. The SMILES string of the molecule is Cc1cc(Cl)cc(C(=O)NC(C)(C)C#N)c1N. The zero-order valence-electron chi connectivity index (χ0n) is 9.97. The lowest BCUT2D eigenvalue weighted by molar-refractivity contribution is 0.0930. The highest BCUT2D eigenvalue weighted by Gasteiger charge is 2.22. The van der Waals surface area contributed by atoms with Gasteiger partial charge in [0.15, 0.2) is 0 Å². The quantitative estimate of drug-likeness (QED) is 0.792. The molecule has 1 rings (SSSR count). The summed E-state index contributed by atoms with van der Waals surface area (Å²) >= 11 is 5.87. The van der Waals surface area contributed by atoms with Crippen molar-refractivity contribution in [1.82, 2.24) is 5.32 Å². The second-order valence-electron chi connectivity index (χ2n) is 4.37. The summed E-state index contributed by atoms with van der Waals surface area (Å²) in [6.07, 6.45) is 0. The van der Waals surface area contributed by atoms with Crippen molar-refractivity contribution in [3.8, 4) is 6.07 Å². The summed E-state index contributed by atoms with van der Waals surface area (Å²) in [6.45, 7) is 4.99. The third-order valence-electron chi connectivity index (χ3n) is 2.30. The molecule has 0 aromatic heterocycles. The molecule has 0 bridgehead atoms. The molecule has 0 aliphatic heterocycles. The Morgan fingerprint density at radius 3 is 2.65 bits per heavy atom. The largest absolute Gasteiger partial charge is 0.398 e. The lowest BCUT2D eigenvalue weighted by Gasteiger charge is -2.18. The predicted molar refractivity (Wildman–Crippen MR) is 67.8 cm³/mol. The Morgan fingerprint density at radius 2 is 2.12 bits per heavy atom. The van der Waals surface area contributed by atoms with Crippen LogP contribution in [0.15, 0.2) is 12.1 Å². The maximum absolute atomic E-state index is 11.9. The summed E-state index contributed by atoms with van der Waals surface area (Å²) in [4.78, 5) is 11.9. The van der Waals surface area contributed by atoms with Gasteiger partial charge in [-0.2, -0.15) is 5.26 Å². The van der Waals surface area contributed by atoms with Crippen LogP contribution in [0.1, 0.15) is 29.8 Å². The third-order valence-corrected chi connectivity index (χ3v) is 2.52. The zero-order chi connectivity index (χ0) is 13.2. The first-order valence-corrected chi connectivity index (χ1v) is 5.44. The highest BCUT2D eigenvalue weighted by atomic mass is 35.5. The molecule has 0 atom stereocenters. The van der Waals surface area contributed by atoms with Crippen LogP contribution < -0.4 is 11.1 Å². The predicted octanol–water partition coefficient (Wildman–Crippen LogP) is 2.26. The van der Waals surface area contributed by atoms with Crippen molar-refractivity contribution in [2.24, 2.45) is 0 Å². The van der Waals surface area contributed by atoms with Gasteiger partial charge in [0, 0.05) is 10.7 Å². The lowest BCUT2D eigenvalue weighted by atomic mass is 10.0. The second kappa shape index (κ2) is 4.64. The van der Waals surface area contributed by atoms with Crippen LogP contribution in [0.25, 0.3) is 0 Å². The minimum atomic E-state index is -0.945. The van der Waals surface area contributed by atoms with Crippen molar-refractivity contribution in [2.75, 3.05) is 5.73 Å². The number of nitrogen functional groups attached to an aromatic ring is 1. The first kappa shape index (κ1) is 13.3. The first-order chi connectivity index (χ1) is 7.76. The summed E-state index contributed by atoms with van der Waals surface area (Å²) < 4.78 is 0. The molecule has 0 aliphatic rings. The number of nitriles is 1. The summed E-state index contributed by atoms with van der Waals surface area (Å²) in [5, 5.41) is 11.9. The summed E-state index contributed by atoms with van der Waals surface area (Å²) in [7, 11) is 0. The molecule has 3 N–H and O–H groups in total. The van der Waals surface area contributed by atoms with Crippen LogP contribution in [0, 0.1) is 18.3 Å². The van der Waals surface area contributed by atoms with Gasteiger partial charge in [0.2, 0.25) is 0 Å². The Hall–Kier alpha value is -1.73. The Bertz CT molecular complexity index is 503. The van der Waals surface area contributed by atoms with Crippen LogP contribution in [-0.4, -0.2) is 11.4 Å². The van der Waals surface area contributed by atoms with Gasteiger partial charge in [-0.25, -0.2) is 0 Å². The molecule has 0 aliphatic carbocycles. The van der Waals surface area contributed by atoms with Crippen molar-refractivity contribution in [2.45, 2.75) is 26.3 Å². The van der Waals surface area contributed by atoms with Gasteiger partial charge in [0.05, 0.1) is 11.6 Å². The molecule has 0 saturated carbocycles. The van der Waals surface area contributed by atoms with E-state index in [0.717, 1.165) is 5.56 Å². The highest BCUT2D eigenvalue weighted by Crippen LogP contribution is 2.23. The Morgan fingerprint density at radius 1 is 1.53 bits per heavy atom. The van der Waals surface area contributed by atoms with Crippen LogP contribution >= 0.6 is 11.6 Å². The van der Waals surface area contributed by atoms with Gasteiger partial charge in [-0.3, -0.25) is 4.79 Å². The molecule has 0 saturated heterocycles. The molecule has 0 radical (unpaired) electrons. The molecular formula is C12H14ClN3O. The Kier molecular flexibility index (Phi) is 3.64. The van der Waals surface area contributed by atoms with Gasteiger partial charge in [0.1, 0.15) is 5.54 Å². The third kappa shape index (κ3) is 3.11. The van der Waals surface area contributed by atoms with Crippen molar-refractivity contribution < 1.29 is 4.79 Å². The number of anilines is 1. The van der Waals surface area contributed by atoms with Crippen molar-refractivity contribution >= 4 is 23.2 Å². The molecule has 0 fully saturated rings. The summed E-state index contributed by atoms with van der Waals surface area (Å²) in [5.41, 5.74) is 6.27. The maximum atomic E-state index is 11.9. The highest BCUT2D eigenvalue weighted by molar-refractivity contribution is 6.31. The number of nitrogens with zero attached hydrogens (tertiary/aromatic N) is 1. The van der Waals surface area contributed by atoms with E-state index in [1.54, 1.807) is 26.8 Å². The number of rotatable bonds is 2. The van der Waals surface area contributed by atoms with E-state index in [0.29, 0.717) is 16.3 Å². The Balaban J connectivity index is 3.10. The fraction of sp³-hybridized carbons (Fsp3) is 0.333. The van der Waals surface area contributed by atoms with Gasteiger partial charge < -0.3 is 11.1 Å². The molecule has 1 aromatic carbocycles. The number of hydrogen-bond donors (Lipinski definition) is 2. The van der Waals surface area contributed by atoms with E-state index in [-0.39, 0.29) is 0 Å². The van der Waals surface area contributed by atoms with E-state index in [4.69, 9.17) is 22.6 Å². The number of benzene rings is 1. The molecule has 1 amide bonds. The fourth-order valence-corrected chi connectivity index (χ4v) is 1.59. The van der Waals surface area contributed by atoms with Crippen LogP contribution in [0.4, 0.5) is 5.69 Å². The average molecular weight is 252 g/mol. The average Bonchev–Trinajstić information content (AvgIpc) is 2.22. The van der Waals surface area contributed by atoms with Crippen molar-refractivity contribution in [3.05, 3.63) is 28.3 Å². The standard InChI is InChI=1S/C12H14ClN3O/c1-7-4-8(13)5-9(10(7)15)11(17)16-12(2,3)6-14/h4-5H,15H2,1-3H3,(H,16,17). The number of halogens is 1. The van der Waals surface area contributed by atoms with Crippen LogP contribution in [0.2, 0.25) is 5.02 Å². The summed E-state index contributed by atoms with van der Waals surface area (Å²) in [6, 6.07) is 5.16. The fourth-order valence-electron chi connectivity index (χ4n) is 1.32. The first-order valence-electron chi connectivity index (χ1n) is 5.06. The molecule has 0 heterocycles. The molecular weight excluding hydrogens is 238 g/mol. The van der Waals surface area contributed by atoms with Gasteiger partial charge in [-0.1, -0.05) is 11.6 Å². The van der Waals surface area contributed by atoms with Gasteiger partial charge in [-0.05, 0) is 38.5 Å². The number of hydrogen-bond acceptors (Lipinski definition) is 3. The second-order valence-corrected chi connectivity index (χ2v) is 4.81. The number of aryl methyl sites for hydroxylation is 1. The van der Waals surface area contributed by atoms with E-state index in [1.807, 2.05) is 6.07 Å². The molecule has 90 valence electrons. The van der Waals surface area contributed by atoms with E-state index < -0.39 is 11.4 Å². The number of carbonyl (C=O) groups is 1. The number of nitrogens with one attached hydrogen (secondary N) is 1. The van der Waals surface area contributed by atoms with Crippen LogP contribution in [0.3, 0.4) is 0 Å². The van der Waals surface area contributed by atoms with Crippen LogP contribution in [0.5, 0.6) is 0 Å². The van der Waals surface area contributed by atoms with E-state index in [1.165, 1.54) is 6.07 Å². The van der Waals surface area contributed by atoms with E-state index in [2.05, 4.69) is 5.32 Å². The van der Waals surface area contributed by atoms with Gasteiger partial charge in [0.25, 0.3) is 5.91 Å². The molecule has 17 heavy (non-hydrogen) atoms. The monoisotopic (exact) mass is 251 g/mol. The lowest BCUT2D eigenvalue weighted by Crippen LogP contribution is -2.42. The maximum Gasteiger partial charge on any atom is 0.254 e. The number of carbonyl (C=O) groups excluding carboxylic acids is 1.